The molecular weight excluding hydrogens is 350 g/mol. The van der Waals surface area contributed by atoms with Crippen LogP contribution in [0.4, 0.5) is 0 Å². The van der Waals surface area contributed by atoms with Crippen LogP contribution in [0, 0.1) is 6.92 Å². The molecule has 1 atom stereocenters. The molecule has 1 heterocycles. The topological polar surface area (TPSA) is 30.5 Å². The minimum Gasteiger partial charge on any atom is -0.496 e. The molecule has 0 amide bonds. The molecular formula is C16H20BrNO2S. The molecule has 0 fully saturated rings. The van der Waals surface area contributed by atoms with Crippen molar-refractivity contribution in [2.75, 3.05) is 20.8 Å². The molecule has 0 aliphatic rings. The van der Waals surface area contributed by atoms with Gasteiger partial charge in [-0.2, -0.15) is 0 Å². The molecule has 0 aliphatic heterocycles. The quantitative estimate of drug-likeness (QED) is 0.810. The number of rotatable bonds is 6. The zero-order valence-electron chi connectivity index (χ0n) is 12.7. The van der Waals surface area contributed by atoms with E-state index in [1.165, 1.54) is 9.75 Å². The van der Waals surface area contributed by atoms with Gasteiger partial charge >= 0.3 is 0 Å². The van der Waals surface area contributed by atoms with Gasteiger partial charge in [0.15, 0.2) is 0 Å². The van der Waals surface area contributed by atoms with E-state index >= 15 is 0 Å². The first-order valence-electron chi connectivity index (χ1n) is 6.82. The third kappa shape index (κ3) is 3.42. The second-order valence-corrected chi connectivity index (χ2v) is 6.78. The lowest BCUT2D eigenvalue weighted by Gasteiger charge is -2.22. The second-order valence-electron chi connectivity index (χ2n) is 4.64. The van der Waals surface area contributed by atoms with Gasteiger partial charge < -0.3 is 14.8 Å². The van der Waals surface area contributed by atoms with E-state index < -0.39 is 0 Å². The predicted octanol–water partition coefficient (Wildman–Crippen LogP) is 4.54. The molecule has 1 unspecified atom stereocenters. The number of nitrogens with one attached hydrogen (secondary N) is 1. The molecule has 1 N–H and O–H groups in total. The fraction of sp³-hybridized carbons (Fsp3) is 0.375. The average Bonchev–Trinajstić information content (AvgIpc) is 2.82. The van der Waals surface area contributed by atoms with Crippen molar-refractivity contribution in [2.45, 2.75) is 19.9 Å². The highest BCUT2D eigenvalue weighted by Gasteiger charge is 2.25. The van der Waals surface area contributed by atoms with E-state index in [1.807, 2.05) is 18.2 Å². The van der Waals surface area contributed by atoms with Gasteiger partial charge in [0.1, 0.15) is 11.5 Å². The minimum absolute atomic E-state index is 0.0363. The number of halogens is 1. The average molecular weight is 370 g/mol. The van der Waals surface area contributed by atoms with Crippen molar-refractivity contribution in [3.8, 4) is 11.5 Å². The molecule has 0 spiro atoms. The Morgan fingerprint density at radius 3 is 2.29 bits per heavy atom. The molecule has 1 aromatic carbocycles. The Bertz CT molecular complexity index is 590. The molecule has 1 aromatic heterocycles. The van der Waals surface area contributed by atoms with Gasteiger partial charge in [-0.15, -0.1) is 11.3 Å². The van der Waals surface area contributed by atoms with E-state index in [0.717, 1.165) is 28.1 Å². The van der Waals surface area contributed by atoms with Crippen LogP contribution in [0.1, 0.15) is 28.3 Å². The van der Waals surface area contributed by atoms with Crippen LogP contribution in [-0.4, -0.2) is 20.8 Å². The summed E-state index contributed by atoms with van der Waals surface area (Å²) in [6, 6.07) is 8.06. The van der Waals surface area contributed by atoms with E-state index in [1.54, 1.807) is 25.6 Å². The van der Waals surface area contributed by atoms with Crippen molar-refractivity contribution < 1.29 is 9.47 Å². The van der Waals surface area contributed by atoms with Crippen LogP contribution in [0.5, 0.6) is 11.5 Å². The molecule has 0 radical (unpaired) electrons. The summed E-state index contributed by atoms with van der Waals surface area (Å²) < 4.78 is 12.2. The first kappa shape index (κ1) is 16.3. The standard InChI is InChI=1S/C16H20BrNO2S/c1-5-18-15(16-11(17)9-10(2)21-16)14-12(19-3)7-6-8-13(14)20-4/h6-9,15,18H,5H2,1-4H3. The number of benzene rings is 1. The van der Waals surface area contributed by atoms with Crippen LogP contribution in [0.3, 0.4) is 0 Å². The van der Waals surface area contributed by atoms with Gasteiger partial charge in [0.25, 0.3) is 0 Å². The highest BCUT2D eigenvalue weighted by molar-refractivity contribution is 9.10. The molecule has 2 aromatic rings. The molecule has 5 heteroatoms. The lowest BCUT2D eigenvalue weighted by molar-refractivity contribution is 0.378. The Morgan fingerprint density at radius 2 is 1.86 bits per heavy atom. The molecule has 2 rings (SSSR count). The highest BCUT2D eigenvalue weighted by atomic mass is 79.9. The fourth-order valence-electron chi connectivity index (χ4n) is 2.39. The van der Waals surface area contributed by atoms with Gasteiger partial charge in [0.05, 0.1) is 25.8 Å². The Hall–Kier alpha value is -1.04. The molecule has 0 saturated carbocycles. The number of hydrogen-bond donors (Lipinski definition) is 1. The van der Waals surface area contributed by atoms with Crippen LogP contribution in [0.2, 0.25) is 0 Å². The van der Waals surface area contributed by atoms with E-state index in [9.17, 15) is 0 Å². The number of methoxy groups -OCH3 is 2. The highest BCUT2D eigenvalue weighted by Crippen LogP contribution is 2.42. The van der Waals surface area contributed by atoms with E-state index in [4.69, 9.17) is 9.47 Å². The summed E-state index contributed by atoms with van der Waals surface area (Å²) >= 11 is 5.44. The summed E-state index contributed by atoms with van der Waals surface area (Å²) in [5, 5.41) is 3.54. The molecule has 0 aliphatic carbocycles. The van der Waals surface area contributed by atoms with E-state index in [2.05, 4.69) is 41.2 Å². The number of ether oxygens (including phenoxy) is 2. The molecule has 0 bridgehead atoms. The van der Waals surface area contributed by atoms with E-state index in [-0.39, 0.29) is 6.04 Å². The fourth-order valence-corrected chi connectivity index (χ4v) is 4.36. The number of thiophene rings is 1. The van der Waals surface area contributed by atoms with Crippen LogP contribution in [0.15, 0.2) is 28.7 Å². The normalized spacial score (nSPS) is 12.2. The summed E-state index contributed by atoms with van der Waals surface area (Å²) in [4.78, 5) is 2.51. The lowest BCUT2D eigenvalue weighted by Crippen LogP contribution is -2.22. The summed E-state index contributed by atoms with van der Waals surface area (Å²) in [5.74, 6) is 1.66. The monoisotopic (exact) mass is 369 g/mol. The van der Waals surface area contributed by atoms with E-state index in [0.29, 0.717) is 0 Å². The maximum atomic E-state index is 5.55. The van der Waals surface area contributed by atoms with Crippen molar-refractivity contribution in [3.05, 3.63) is 44.1 Å². The number of aryl methyl sites for hydroxylation is 1. The predicted molar refractivity (Wildman–Crippen MR) is 91.8 cm³/mol. The lowest BCUT2D eigenvalue weighted by atomic mass is 10.0. The third-order valence-electron chi connectivity index (χ3n) is 3.26. The van der Waals surface area contributed by atoms with Gasteiger partial charge in [-0.25, -0.2) is 0 Å². The Kier molecular flexibility index (Phi) is 5.67. The molecule has 114 valence electrons. The zero-order valence-corrected chi connectivity index (χ0v) is 15.1. The first-order chi connectivity index (χ1) is 10.1. The Morgan fingerprint density at radius 1 is 1.24 bits per heavy atom. The molecule has 21 heavy (non-hydrogen) atoms. The van der Waals surface area contributed by atoms with Crippen LogP contribution >= 0.6 is 27.3 Å². The smallest absolute Gasteiger partial charge is 0.127 e. The third-order valence-corrected chi connectivity index (χ3v) is 5.30. The van der Waals surface area contributed by atoms with Gasteiger partial charge in [-0.3, -0.25) is 0 Å². The van der Waals surface area contributed by atoms with Gasteiger partial charge in [0, 0.05) is 14.2 Å². The maximum absolute atomic E-state index is 5.55. The van der Waals surface area contributed by atoms with Gasteiger partial charge in [-0.1, -0.05) is 13.0 Å². The molecule has 3 nitrogen and oxygen atoms in total. The minimum atomic E-state index is 0.0363. The Labute approximate surface area is 138 Å². The second kappa shape index (κ2) is 7.29. The summed E-state index contributed by atoms with van der Waals surface area (Å²) in [7, 11) is 3.38. The summed E-state index contributed by atoms with van der Waals surface area (Å²) in [6.45, 7) is 5.07. The maximum Gasteiger partial charge on any atom is 0.127 e. The van der Waals surface area contributed by atoms with Crippen molar-refractivity contribution in [2.24, 2.45) is 0 Å². The Balaban J connectivity index is 2.60. The van der Waals surface area contributed by atoms with Crippen LogP contribution in [0.25, 0.3) is 0 Å². The van der Waals surface area contributed by atoms with Crippen molar-refractivity contribution in [3.63, 3.8) is 0 Å². The first-order valence-corrected chi connectivity index (χ1v) is 8.43. The zero-order chi connectivity index (χ0) is 15.4. The van der Waals surface area contributed by atoms with Crippen molar-refractivity contribution in [1.29, 1.82) is 0 Å². The van der Waals surface area contributed by atoms with Gasteiger partial charge in [-0.05, 0) is 47.6 Å². The van der Waals surface area contributed by atoms with Gasteiger partial charge in [0.2, 0.25) is 0 Å². The largest absolute Gasteiger partial charge is 0.496 e. The molecule has 0 saturated heterocycles. The summed E-state index contributed by atoms with van der Waals surface area (Å²) in [5.41, 5.74) is 1.03. The van der Waals surface area contributed by atoms with Crippen LogP contribution in [-0.2, 0) is 0 Å². The van der Waals surface area contributed by atoms with Crippen molar-refractivity contribution >= 4 is 27.3 Å². The summed E-state index contributed by atoms with van der Waals surface area (Å²) in [6.07, 6.45) is 0. The van der Waals surface area contributed by atoms with Crippen LogP contribution < -0.4 is 14.8 Å². The number of hydrogen-bond acceptors (Lipinski definition) is 4. The van der Waals surface area contributed by atoms with Crippen molar-refractivity contribution in [1.82, 2.24) is 5.32 Å². The SMILES string of the molecule is CCNC(c1sc(C)cc1Br)c1c(OC)cccc1OC.